The second-order valence-electron chi connectivity index (χ2n) is 2.24. The van der Waals surface area contributed by atoms with Crippen molar-refractivity contribution in [2.45, 2.75) is 0 Å². The molecule has 70 valence electrons. The molecule has 6 heteroatoms. The highest BCUT2D eigenvalue weighted by atomic mass is 35.5. The van der Waals surface area contributed by atoms with Crippen LogP contribution in [0.25, 0.3) is 0 Å². The molecule has 0 heterocycles. The van der Waals surface area contributed by atoms with Crippen LogP contribution < -0.4 is 11.2 Å². The minimum Gasteiger partial charge on any atom is -0.368 e. The molecule has 1 aromatic carbocycles. The largest absolute Gasteiger partial charge is 0.368 e. The summed E-state index contributed by atoms with van der Waals surface area (Å²) in [5.74, 6) is -0.127. The van der Waals surface area contributed by atoms with Crippen molar-refractivity contribution >= 4 is 34.8 Å². The van der Waals surface area contributed by atoms with Crippen molar-refractivity contribution in [2.24, 2.45) is 10.7 Å². The van der Waals surface area contributed by atoms with Gasteiger partial charge in [0.2, 0.25) is 5.96 Å². The number of guanidine groups is 1. The molecule has 1 rings (SSSR count). The minimum absolute atomic E-state index is 0.127. The van der Waals surface area contributed by atoms with E-state index in [0.29, 0.717) is 15.7 Å². The molecule has 13 heavy (non-hydrogen) atoms. The normalized spacial score (nSPS) is 11.5. The molecule has 0 atom stereocenters. The van der Waals surface area contributed by atoms with Crippen LogP contribution in [-0.4, -0.2) is 11.2 Å². The van der Waals surface area contributed by atoms with Crippen molar-refractivity contribution in [3.8, 4) is 0 Å². The Morgan fingerprint density at radius 3 is 2.31 bits per heavy atom. The van der Waals surface area contributed by atoms with E-state index in [1.54, 1.807) is 23.7 Å². The summed E-state index contributed by atoms with van der Waals surface area (Å²) in [6.45, 7) is 0. The molecular formula is C7H7Cl2N3O. The Morgan fingerprint density at radius 2 is 1.85 bits per heavy atom. The van der Waals surface area contributed by atoms with Gasteiger partial charge in [-0.25, -0.2) is 10.5 Å². The number of hydroxylamine groups is 1. The van der Waals surface area contributed by atoms with Gasteiger partial charge in [-0.3, -0.25) is 5.21 Å². The lowest BCUT2D eigenvalue weighted by Gasteiger charge is -1.99. The predicted molar refractivity (Wildman–Crippen MR) is 52.7 cm³/mol. The maximum atomic E-state index is 8.36. The molecule has 0 radical (unpaired) electrons. The Kier molecular flexibility index (Phi) is 3.36. The van der Waals surface area contributed by atoms with E-state index in [-0.39, 0.29) is 5.96 Å². The molecule has 1 aromatic rings. The minimum atomic E-state index is -0.127. The third-order valence-corrected chi connectivity index (χ3v) is 1.65. The fourth-order valence-corrected chi connectivity index (χ4v) is 1.28. The molecule has 0 bridgehead atoms. The summed E-state index contributed by atoms with van der Waals surface area (Å²) in [4.78, 5) is 3.76. The summed E-state index contributed by atoms with van der Waals surface area (Å²) in [7, 11) is 0. The van der Waals surface area contributed by atoms with Crippen LogP contribution in [0.4, 0.5) is 5.69 Å². The van der Waals surface area contributed by atoms with Crippen LogP contribution in [-0.2, 0) is 0 Å². The van der Waals surface area contributed by atoms with Gasteiger partial charge in [-0.2, -0.15) is 0 Å². The number of hydrogen-bond donors (Lipinski definition) is 3. The lowest BCUT2D eigenvalue weighted by Crippen LogP contribution is -2.27. The summed E-state index contributed by atoms with van der Waals surface area (Å²) in [5, 5.41) is 9.27. The van der Waals surface area contributed by atoms with Crippen molar-refractivity contribution in [2.75, 3.05) is 0 Å². The monoisotopic (exact) mass is 219 g/mol. The molecule has 4 nitrogen and oxygen atoms in total. The lowest BCUT2D eigenvalue weighted by molar-refractivity contribution is 0.233. The van der Waals surface area contributed by atoms with Gasteiger partial charge >= 0.3 is 0 Å². The highest BCUT2D eigenvalue weighted by molar-refractivity contribution is 6.35. The first kappa shape index (κ1) is 10.1. The highest BCUT2D eigenvalue weighted by Gasteiger charge is 1.97. The van der Waals surface area contributed by atoms with E-state index in [1.807, 2.05) is 0 Å². The predicted octanol–water partition coefficient (Wildman–Crippen LogP) is 1.92. The number of rotatable bonds is 1. The maximum absolute atomic E-state index is 8.36. The Bertz CT molecular complexity index is 320. The van der Waals surface area contributed by atoms with Gasteiger partial charge in [0.15, 0.2) is 0 Å². The first-order valence-electron chi connectivity index (χ1n) is 3.32. The zero-order chi connectivity index (χ0) is 9.84. The van der Waals surface area contributed by atoms with Crippen molar-refractivity contribution in [3.63, 3.8) is 0 Å². The number of nitrogens with two attached hydrogens (primary N) is 1. The molecule has 0 unspecified atom stereocenters. The Morgan fingerprint density at radius 1 is 1.31 bits per heavy atom. The third-order valence-electron chi connectivity index (χ3n) is 1.21. The molecule has 0 spiro atoms. The van der Waals surface area contributed by atoms with Crippen LogP contribution in [0.1, 0.15) is 0 Å². The maximum Gasteiger partial charge on any atom is 0.218 e. The Hall–Kier alpha value is -0.970. The van der Waals surface area contributed by atoms with Gasteiger partial charge in [0.25, 0.3) is 0 Å². The van der Waals surface area contributed by atoms with E-state index in [9.17, 15) is 0 Å². The lowest BCUT2D eigenvalue weighted by atomic mass is 10.3. The van der Waals surface area contributed by atoms with E-state index in [0.717, 1.165) is 0 Å². The Balaban J connectivity index is 3.02. The van der Waals surface area contributed by atoms with Gasteiger partial charge in [0.1, 0.15) is 0 Å². The SMILES string of the molecule is NC(=Nc1cc(Cl)cc(Cl)c1)NO. The average molecular weight is 220 g/mol. The number of halogens is 2. The summed E-state index contributed by atoms with van der Waals surface area (Å²) in [6, 6.07) is 4.71. The van der Waals surface area contributed by atoms with Crippen LogP contribution >= 0.6 is 23.2 Å². The summed E-state index contributed by atoms with van der Waals surface area (Å²) in [5.41, 5.74) is 7.37. The third kappa shape index (κ3) is 3.10. The van der Waals surface area contributed by atoms with Crippen LogP contribution in [0.5, 0.6) is 0 Å². The number of aliphatic imine (C=N–C) groups is 1. The number of benzene rings is 1. The van der Waals surface area contributed by atoms with Crippen molar-refractivity contribution in [1.29, 1.82) is 0 Å². The van der Waals surface area contributed by atoms with Gasteiger partial charge in [0, 0.05) is 10.0 Å². The molecule has 0 amide bonds. The fraction of sp³-hybridized carbons (Fsp3) is 0. The Labute approximate surface area is 84.9 Å². The first-order chi connectivity index (χ1) is 6.11. The van der Waals surface area contributed by atoms with Crippen LogP contribution in [0.15, 0.2) is 23.2 Å². The van der Waals surface area contributed by atoms with Crippen molar-refractivity contribution < 1.29 is 5.21 Å². The molecule has 0 aliphatic heterocycles. The number of nitrogens with zero attached hydrogens (tertiary/aromatic N) is 1. The summed E-state index contributed by atoms with van der Waals surface area (Å²) in [6.07, 6.45) is 0. The second kappa shape index (κ2) is 4.32. The molecule has 0 aliphatic carbocycles. The van der Waals surface area contributed by atoms with Gasteiger partial charge in [0.05, 0.1) is 5.69 Å². The van der Waals surface area contributed by atoms with Crippen LogP contribution in [0, 0.1) is 0 Å². The van der Waals surface area contributed by atoms with Gasteiger partial charge in [-0.05, 0) is 18.2 Å². The molecule has 0 aliphatic rings. The molecule has 0 saturated heterocycles. The number of nitrogens with one attached hydrogen (secondary N) is 1. The molecule has 0 aromatic heterocycles. The van der Waals surface area contributed by atoms with Crippen molar-refractivity contribution in [1.82, 2.24) is 5.48 Å². The summed E-state index contributed by atoms with van der Waals surface area (Å²) >= 11 is 11.4. The van der Waals surface area contributed by atoms with Crippen LogP contribution in [0.2, 0.25) is 10.0 Å². The van der Waals surface area contributed by atoms with Gasteiger partial charge in [-0.1, -0.05) is 23.2 Å². The van der Waals surface area contributed by atoms with Crippen LogP contribution in [0.3, 0.4) is 0 Å². The zero-order valence-electron chi connectivity index (χ0n) is 6.46. The van der Waals surface area contributed by atoms with E-state index < -0.39 is 0 Å². The van der Waals surface area contributed by atoms with E-state index in [4.69, 9.17) is 34.1 Å². The molecule has 0 fully saturated rings. The number of hydrogen-bond acceptors (Lipinski definition) is 2. The molecule has 4 N–H and O–H groups in total. The van der Waals surface area contributed by atoms with E-state index >= 15 is 0 Å². The smallest absolute Gasteiger partial charge is 0.218 e. The molecule has 0 saturated carbocycles. The standard InChI is InChI=1S/C7H7Cl2N3O/c8-4-1-5(9)3-6(2-4)11-7(10)12-13/h1-3,13H,(H3,10,11,12). The summed E-state index contributed by atoms with van der Waals surface area (Å²) < 4.78 is 0. The van der Waals surface area contributed by atoms with Gasteiger partial charge < -0.3 is 5.73 Å². The molecular weight excluding hydrogens is 213 g/mol. The fourth-order valence-electron chi connectivity index (χ4n) is 0.768. The topological polar surface area (TPSA) is 70.6 Å². The quantitative estimate of drug-likeness (QED) is 0.384. The first-order valence-corrected chi connectivity index (χ1v) is 4.08. The second-order valence-corrected chi connectivity index (χ2v) is 3.11. The van der Waals surface area contributed by atoms with E-state index in [2.05, 4.69) is 4.99 Å². The van der Waals surface area contributed by atoms with Crippen molar-refractivity contribution in [3.05, 3.63) is 28.2 Å². The average Bonchev–Trinajstić information content (AvgIpc) is 2.02. The highest BCUT2D eigenvalue weighted by Crippen LogP contribution is 2.24. The van der Waals surface area contributed by atoms with Gasteiger partial charge in [-0.15, -0.1) is 0 Å². The zero-order valence-corrected chi connectivity index (χ0v) is 7.97. The van der Waals surface area contributed by atoms with E-state index in [1.165, 1.54) is 0 Å².